The summed E-state index contributed by atoms with van der Waals surface area (Å²) >= 11 is 0. The van der Waals surface area contributed by atoms with Crippen molar-refractivity contribution in [3.8, 4) is 11.6 Å². The van der Waals surface area contributed by atoms with Crippen molar-refractivity contribution in [2.45, 2.75) is 44.2 Å². The molecule has 2 N–H and O–H groups in total. The molecule has 2 aromatic rings. The molecule has 0 spiro atoms. The van der Waals surface area contributed by atoms with E-state index < -0.39 is 24.6 Å². The van der Waals surface area contributed by atoms with Crippen LogP contribution >= 0.6 is 0 Å². The first-order valence-electron chi connectivity index (χ1n) is 12.7. The van der Waals surface area contributed by atoms with Gasteiger partial charge in [0.2, 0.25) is 5.88 Å². The minimum Gasteiger partial charge on any atom is -0.497 e. The number of nitrogens with one attached hydrogen (secondary N) is 1. The summed E-state index contributed by atoms with van der Waals surface area (Å²) in [6.45, 7) is 0.227. The smallest absolute Gasteiger partial charge is 0.405 e. The number of pyridine rings is 1. The second-order valence-electron chi connectivity index (χ2n) is 9.89. The number of aromatic nitrogens is 1. The molecular weight excluding hydrogens is 503 g/mol. The van der Waals surface area contributed by atoms with Crippen LogP contribution in [-0.2, 0) is 4.79 Å². The summed E-state index contributed by atoms with van der Waals surface area (Å²) in [7, 11) is 1.49. The number of aliphatic carboxylic acids is 1. The molecular formula is C27H32F3N3O5. The fraction of sp³-hybridized carbons (Fsp3) is 0.519. The average molecular weight is 536 g/mol. The Labute approximate surface area is 219 Å². The molecule has 11 heteroatoms. The van der Waals surface area contributed by atoms with Crippen LogP contribution in [0.2, 0.25) is 0 Å². The number of amides is 1. The van der Waals surface area contributed by atoms with Crippen LogP contribution in [0.3, 0.4) is 0 Å². The van der Waals surface area contributed by atoms with Crippen molar-refractivity contribution in [1.29, 1.82) is 0 Å². The lowest BCUT2D eigenvalue weighted by Gasteiger charge is -2.34. The Morgan fingerprint density at radius 2 is 1.89 bits per heavy atom. The van der Waals surface area contributed by atoms with E-state index in [0.717, 1.165) is 31.2 Å². The van der Waals surface area contributed by atoms with Gasteiger partial charge in [0.1, 0.15) is 12.3 Å². The zero-order valence-electron chi connectivity index (χ0n) is 21.2. The summed E-state index contributed by atoms with van der Waals surface area (Å²) in [5, 5.41) is 11.2. The first kappa shape index (κ1) is 27.5. The molecule has 1 saturated heterocycles. The van der Waals surface area contributed by atoms with Crippen LogP contribution in [0.5, 0.6) is 11.6 Å². The van der Waals surface area contributed by atoms with E-state index in [0.29, 0.717) is 42.9 Å². The van der Waals surface area contributed by atoms with E-state index in [1.54, 1.807) is 18.3 Å². The third-order valence-electron chi connectivity index (χ3n) is 7.09. The van der Waals surface area contributed by atoms with Gasteiger partial charge in [-0.2, -0.15) is 13.2 Å². The van der Waals surface area contributed by atoms with Gasteiger partial charge in [-0.1, -0.05) is 0 Å². The quantitative estimate of drug-likeness (QED) is 0.432. The number of piperidine rings is 1. The fourth-order valence-electron chi connectivity index (χ4n) is 4.89. The lowest BCUT2D eigenvalue weighted by molar-refractivity contribution is -0.137. The molecule has 1 aliphatic heterocycles. The van der Waals surface area contributed by atoms with E-state index in [2.05, 4.69) is 4.98 Å². The number of ether oxygens (including phenoxy) is 2. The molecule has 1 atom stereocenters. The van der Waals surface area contributed by atoms with Crippen LogP contribution in [0.15, 0.2) is 36.5 Å². The number of hydrogen-bond acceptors (Lipinski definition) is 6. The fourth-order valence-corrected chi connectivity index (χ4v) is 4.89. The van der Waals surface area contributed by atoms with Gasteiger partial charge in [-0.3, -0.25) is 9.59 Å². The molecule has 0 bridgehead atoms. The third-order valence-corrected chi connectivity index (χ3v) is 7.09. The van der Waals surface area contributed by atoms with E-state index in [1.807, 2.05) is 22.3 Å². The van der Waals surface area contributed by atoms with E-state index in [4.69, 9.17) is 9.47 Å². The van der Waals surface area contributed by atoms with Gasteiger partial charge in [0.15, 0.2) is 0 Å². The highest BCUT2D eigenvalue weighted by atomic mass is 19.4. The molecule has 1 saturated carbocycles. The van der Waals surface area contributed by atoms with Crippen molar-refractivity contribution in [1.82, 2.24) is 10.3 Å². The summed E-state index contributed by atoms with van der Waals surface area (Å²) < 4.78 is 49.1. The van der Waals surface area contributed by atoms with Crippen LogP contribution in [0, 0.1) is 11.8 Å². The first-order chi connectivity index (χ1) is 18.1. The molecule has 8 nitrogen and oxygen atoms in total. The Kier molecular flexibility index (Phi) is 8.63. The predicted octanol–water partition coefficient (Wildman–Crippen LogP) is 4.65. The number of rotatable bonds is 11. The highest BCUT2D eigenvalue weighted by Gasteiger charge is 2.34. The summed E-state index contributed by atoms with van der Waals surface area (Å²) in [6, 6.07) is 8.39. The summed E-state index contributed by atoms with van der Waals surface area (Å²) in [5.74, 6) is -0.0420. The van der Waals surface area contributed by atoms with Crippen molar-refractivity contribution in [3.05, 3.63) is 47.7 Å². The van der Waals surface area contributed by atoms with Gasteiger partial charge < -0.3 is 24.8 Å². The minimum absolute atomic E-state index is 0.0357. The second-order valence-corrected chi connectivity index (χ2v) is 9.89. The normalized spacial score (nSPS) is 17.1. The zero-order chi connectivity index (χ0) is 27.3. The summed E-state index contributed by atoms with van der Waals surface area (Å²) in [5.41, 5.74) is 1.63. The number of anilines is 1. The number of carboxylic acids is 1. The predicted molar refractivity (Wildman–Crippen MR) is 134 cm³/mol. The van der Waals surface area contributed by atoms with Gasteiger partial charge in [0, 0.05) is 31.4 Å². The van der Waals surface area contributed by atoms with Gasteiger partial charge >= 0.3 is 12.1 Å². The molecule has 2 heterocycles. The number of carbonyl (C=O) groups is 2. The van der Waals surface area contributed by atoms with Gasteiger partial charge in [0.05, 0.1) is 31.4 Å². The monoisotopic (exact) mass is 535 g/mol. The second kappa shape index (κ2) is 11.9. The van der Waals surface area contributed by atoms with Crippen molar-refractivity contribution in [3.63, 3.8) is 0 Å². The number of hydrogen-bond donors (Lipinski definition) is 2. The number of nitrogens with zero attached hydrogens (tertiary/aromatic N) is 2. The minimum atomic E-state index is -4.50. The van der Waals surface area contributed by atoms with Crippen molar-refractivity contribution in [2.75, 3.05) is 38.3 Å². The van der Waals surface area contributed by atoms with Crippen molar-refractivity contribution < 1.29 is 37.3 Å². The molecule has 2 aliphatic rings. The molecule has 1 unspecified atom stereocenters. The number of halogens is 3. The molecule has 2 fully saturated rings. The lowest BCUT2D eigenvalue weighted by atomic mass is 9.92. The van der Waals surface area contributed by atoms with Crippen molar-refractivity contribution >= 4 is 17.6 Å². The molecule has 1 amide bonds. The maximum Gasteiger partial charge on any atom is 0.405 e. The van der Waals surface area contributed by atoms with Crippen LogP contribution in [-0.4, -0.2) is 61.5 Å². The topological polar surface area (TPSA) is 101 Å². The van der Waals surface area contributed by atoms with E-state index >= 15 is 0 Å². The van der Waals surface area contributed by atoms with E-state index in [1.165, 1.54) is 13.2 Å². The Morgan fingerprint density at radius 1 is 1.16 bits per heavy atom. The zero-order valence-corrected chi connectivity index (χ0v) is 21.2. The van der Waals surface area contributed by atoms with Gasteiger partial charge in [0.25, 0.3) is 5.91 Å². The van der Waals surface area contributed by atoms with Gasteiger partial charge in [-0.05, 0) is 67.2 Å². The van der Waals surface area contributed by atoms with Crippen molar-refractivity contribution in [2.24, 2.45) is 11.8 Å². The van der Waals surface area contributed by atoms with Crippen LogP contribution < -0.4 is 19.7 Å². The Morgan fingerprint density at radius 3 is 2.53 bits per heavy atom. The Hall–Kier alpha value is -3.50. The molecule has 0 radical (unpaired) electrons. The largest absolute Gasteiger partial charge is 0.497 e. The molecule has 1 aromatic heterocycles. The van der Waals surface area contributed by atoms with Gasteiger partial charge in [-0.15, -0.1) is 0 Å². The molecule has 206 valence electrons. The Balaban J connectivity index is 1.35. The number of methoxy groups -OCH3 is 1. The first-order valence-corrected chi connectivity index (χ1v) is 12.7. The number of carboxylic acid groups (broad SMARTS) is 1. The standard InChI is InChI=1S/C27H32F3N3O5/c1-37-20-4-5-21(26(36)32-16-27(28,29)30)23(13-20)33-10-7-17(8-11-33)15-38-24-12-19(6-9-31-24)22(14-25(34)35)18-2-3-18/h4-6,9,12-13,17-18,22H,2-3,7-8,10-11,14-16H2,1H3,(H,32,36)(H,34,35). The third kappa shape index (κ3) is 7.52. The SMILES string of the molecule is COc1ccc(C(=O)NCC(F)(F)F)c(N2CCC(COc3cc(C(CC(=O)O)C4CC4)ccn3)CC2)c1. The van der Waals surface area contributed by atoms with Crippen LogP contribution in [0.1, 0.15) is 53.9 Å². The summed E-state index contributed by atoms with van der Waals surface area (Å²) in [4.78, 5) is 30.1. The number of carbonyl (C=O) groups excluding carboxylic acids is 1. The molecule has 1 aliphatic carbocycles. The van der Waals surface area contributed by atoms with Crippen LogP contribution in [0.25, 0.3) is 0 Å². The highest BCUT2D eigenvalue weighted by Crippen LogP contribution is 2.45. The lowest BCUT2D eigenvalue weighted by Crippen LogP contribution is -2.38. The number of benzene rings is 1. The maximum atomic E-state index is 12.6. The maximum absolute atomic E-state index is 12.6. The van der Waals surface area contributed by atoms with Crippen LogP contribution in [0.4, 0.5) is 18.9 Å². The van der Waals surface area contributed by atoms with E-state index in [-0.39, 0.29) is 23.8 Å². The molecule has 1 aromatic carbocycles. The summed E-state index contributed by atoms with van der Waals surface area (Å²) in [6.07, 6.45) is 0.826. The Bertz CT molecular complexity index is 1130. The molecule has 38 heavy (non-hydrogen) atoms. The number of alkyl halides is 3. The average Bonchev–Trinajstić information content (AvgIpc) is 3.74. The molecule has 4 rings (SSSR count). The van der Waals surface area contributed by atoms with E-state index in [9.17, 15) is 27.9 Å². The highest BCUT2D eigenvalue weighted by molar-refractivity contribution is 6.00. The van der Waals surface area contributed by atoms with Gasteiger partial charge in [-0.25, -0.2) is 4.98 Å².